The molecule has 0 amide bonds. The summed E-state index contributed by atoms with van der Waals surface area (Å²) in [5, 5.41) is 19.1. The molecule has 3 rings (SSSR count). The topological polar surface area (TPSA) is 81.1 Å². The van der Waals surface area contributed by atoms with Gasteiger partial charge in [-0.25, -0.2) is 9.59 Å². The lowest BCUT2D eigenvalue weighted by atomic mass is 10.0. The first-order valence-corrected chi connectivity index (χ1v) is 8.62. The number of aromatic carboxylic acids is 2. The number of para-hydroxylation sites is 2. The van der Waals surface area contributed by atoms with Crippen molar-refractivity contribution < 1.29 is 19.8 Å². The van der Waals surface area contributed by atoms with Crippen molar-refractivity contribution >= 4 is 34.7 Å². The Bertz CT molecular complexity index is 921. The summed E-state index contributed by atoms with van der Waals surface area (Å²) in [5.74, 6) is -2.57. The predicted octanol–water partition coefficient (Wildman–Crippen LogP) is 4.62. The van der Waals surface area contributed by atoms with E-state index >= 15 is 0 Å². The fraction of sp³-hybridized carbons (Fsp3) is 0.0909. The molecule has 0 radical (unpaired) electrons. The van der Waals surface area contributed by atoms with Crippen molar-refractivity contribution in [1.82, 2.24) is 0 Å². The Morgan fingerprint density at radius 2 is 0.964 bits per heavy atom. The van der Waals surface area contributed by atoms with Crippen LogP contribution < -0.4 is 9.80 Å². The van der Waals surface area contributed by atoms with Gasteiger partial charge in [0.1, 0.15) is 0 Å². The Morgan fingerprint density at radius 3 is 1.25 bits per heavy atom. The maximum Gasteiger partial charge on any atom is 0.336 e. The van der Waals surface area contributed by atoms with Crippen LogP contribution in [0.2, 0.25) is 0 Å². The van der Waals surface area contributed by atoms with Crippen LogP contribution in [0.4, 0.5) is 22.7 Å². The van der Waals surface area contributed by atoms with Gasteiger partial charge in [0.15, 0.2) is 0 Å². The molecule has 28 heavy (non-hydrogen) atoms. The van der Waals surface area contributed by atoms with E-state index in [1.807, 2.05) is 84.6 Å². The Kier molecular flexibility index (Phi) is 5.31. The molecule has 0 bridgehead atoms. The molecule has 0 fully saturated rings. The second kappa shape index (κ2) is 7.84. The molecule has 0 atom stereocenters. The zero-order valence-electron chi connectivity index (χ0n) is 15.5. The van der Waals surface area contributed by atoms with Gasteiger partial charge in [0, 0.05) is 25.5 Å². The molecule has 0 saturated carbocycles. The van der Waals surface area contributed by atoms with Crippen molar-refractivity contribution in [1.29, 1.82) is 0 Å². The third kappa shape index (κ3) is 3.66. The van der Waals surface area contributed by atoms with Gasteiger partial charge in [0.25, 0.3) is 0 Å². The molecule has 0 aliphatic heterocycles. The van der Waals surface area contributed by atoms with Gasteiger partial charge in [-0.1, -0.05) is 36.4 Å². The molecule has 6 heteroatoms. The highest BCUT2D eigenvalue weighted by Gasteiger charge is 2.23. The minimum atomic E-state index is -1.28. The lowest BCUT2D eigenvalue weighted by Crippen LogP contribution is -2.19. The lowest BCUT2D eigenvalue weighted by molar-refractivity contribution is 0.0651. The molecule has 0 unspecified atom stereocenters. The van der Waals surface area contributed by atoms with Crippen molar-refractivity contribution in [2.24, 2.45) is 0 Å². The van der Waals surface area contributed by atoms with E-state index in [1.54, 1.807) is 0 Å². The molecule has 142 valence electrons. The van der Waals surface area contributed by atoms with E-state index in [2.05, 4.69) is 0 Å². The zero-order valence-corrected chi connectivity index (χ0v) is 15.5. The second-order valence-corrected chi connectivity index (χ2v) is 6.29. The van der Waals surface area contributed by atoms with Gasteiger partial charge in [-0.2, -0.15) is 0 Å². The van der Waals surface area contributed by atoms with E-state index in [0.717, 1.165) is 11.4 Å². The van der Waals surface area contributed by atoms with Crippen LogP contribution in [0, 0.1) is 0 Å². The summed E-state index contributed by atoms with van der Waals surface area (Å²) in [4.78, 5) is 27.1. The number of nitrogens with zero attached hydrogens (tertiary/aromatic N) is 2. The molecule has 2 N–H and O–H groups in total. The predicted molar refractivity (Wildman–Crippen MR) is 109 cm³/mol. The number of rotatable bonds is 6. The van der Waals surface area contributed by atoms with E-state index in [0.29, 0.717) is 11.4 Å². The SMILES string of the molecule is CN(c1ccccc1)c1cc(C(=O)O)c(C(=O)O)cc1N(C)c1ccccc1. The van der Waals surface area contributed by atoms with Crippen LogP contribution in [0.15, 0.2) is 72.8 Å². The standard InChI is InChI=1S/C22H20N2O4/c1-23(15-9-5-3-6-10-15)19-13-17(21(25)26)18(22(27)28)14-20(19)24(2)16-11-7-4-8-12-16/h3-14H,1-2H3,(H,25,26)(H,27,28). The number of hydrogen-bond acceptors (Lipinski definition) is 4. The summed E-state index contributed by atoms with van der Waals surface area (Å²) in [6.45, 7) is 0. The summed E-state index contributed by atoms with van der Waals surface area (Å²) in [6.07, 6.45) is 0. The van der Waals surface area contributed by atoms with Gasteiger partial charge in [0.2, 0.25) is 0 Å². The van der Waals surface area contributed by atoms with Crippen LogP contribution >= 0.6 is 0 Å². The normalized spacial score (nSPS) is 10.4. The molecule has 3 aromatic carbocycles. The van der Waals surface area contributed by atoms with E-state index in [9.17, 15) is 19.8 Å². The maximum absolute atomic E-state index is 11.7. The van der Waals surface area contributed by atoms with Gasteiger partial charge in [-0.3, -0.25) is 0 Å². The average molecular weight is 376 g/mol. The molecular weight excluding hydrogens is 356 g/mol. The fourth-order valence-corrected chi connectivity index (χ4v) is 3.05. The number of carboxylic acids is 2. The summed E-state index contributed by atoms with van der Waals surface area (Å²) in [7, 11) is 3.64. The molecule has 0 aromatic heterocycles. The second-order valence-electron chi connectivity index (χ2n) is 6.29. The van der Waals surface area contributed by atoms with Crippen LogP contribution in [-0.2, 0) is 0 Å². The molecule has 0 saturated heterocycles. The number of carboxylic acid groups (broad SMARTS) is 2. The van der Waals surface area contributed by atoms with Crippen LogP contribution in [0.5, 0.6) is 0 Å². The largest absolute Gasteiger partial charge is 0.478 e. The van der Waals surface area contributed by atoms with Gasteiger partial charge in [-0.15, -0.1) is 0 Å². The fourth-order valence-electron chi connectivity index (χ4n) is 3.05. The Hall–Kier alpha value is -3.80. The highest BCUT2D eigenvalue weighted by Crippen LogP contribution is 2.38. The van der Waals surface area contributed by atoms with Gasteiger partial charge in [0.05, 0.1) is 22.5 Å². The van der Waals surface area contributed by atoms with Crippen LogP contribution in [0.1, 0.15) is 20.7 Å². The smallest absolute Gasteiger partial charge is 0.336 e. The summed E-state index contributed by atoms with van der Waals surface area (Å²) in [6, 6.07) is 21.8. The molecule has 3 aromatic rings. The monoisotopic (exact) mass is 376 g/mol. The first-order valence-electron chi connectivity index (χ1n) is 8.62. The quantitative estimate of drug-likeness (QED) is 0.653. The van der Waals surface area contributed by atoms with Crippen LogP contribution in [0.25, 0.3) is 0 Å². The average Bonchev–Trinajstić information content (AvgIpc) is 2.72. The molecule has 0 aliphatic rings. The van der Waals surface area contributed by atoms with Crippen molar-refractivity contribution in [3.05, 3.63) is 83.9 Å². The van der Waals surface area contributed by atoms with Gasteiger partial charge < -0.3 is 20.0 Å². The first kappa shape index (κ1) is 19.0. The van der Waals surface area contributed by atoms with E-state index in [4.69, 9.17) is 0 Å². The minimum absolute atomic E-state index is 0.254. The van der Waals surface area contributed by atoms with E-state index in [-0.39, 0.29) is 11.1 Å². The van der Waals surface area contributed by atoms with E-state index < -0.39 is 11.9 Å². The summed E-state index contributed by atoms with van der Waals surface area (Å²) in [5.41, 5.74) is 2.36. The Labute approximate surface area is 162 Å². The molecule has 0 heterocycles. The highest BCUT2D eigenvalue weighted by molar-refractivity contribution is 6.05. The van der Waals surface area contributed by atoms with Crippen LogP contribution in [-0.4, -0.2) is 36.2 Å². The van der Waals surface area contributed by atoms with Crippen molar-refractivity contribution in [2.45, 2.75) is 0 Å². The van der Waals surface area contributed by atoms with Gasteiger partial charge in [-0.05, 0) is 36.4 Å². The molecule has 0 aliphatic carbocycles. The number of benzene rings is 3. The molecule has 6 nitrogen and oxygen atoms in total. The lowest BCUT2D eigenvalue weighted by Gasteiger charge is -2.29. The number of carbonyl (C=O) groups is 2. The minimum Gasteiger partial charge on any atom is -0.478 e. The third-order valence-corrected chi connectivity index (χ3v) is 4.59. The summed E-state index contributed by atoms with van der Waals surface area (Å²) < 4.78 is 0. The number of hydrogen-bond donors (Lipinski definition) is 2. The van der Waals surface area contributed by atoms with Crippen LogP contribution in [0.3, 0.4) is 0 Å². The molecule has 0 spiro atoms. The maximum atomic E-state index is 11.7. The first-order chi connectivity index (χ1) is 13.4. The van der Waals surface area contributed by atoms with E-state index in [1.165, 1.54) is 12.1 Å². The van der Waals surface area contributed by atoms with Crippen molar-refractivity contribution in [3.63, 3.8) is 0 Å². The van der Waals surface area contributed by atoms with Gasteiger partial charge >= 0.3 is 11.9 Å². The Morgan fingerprint density at radius 1 is 0.643 bits per heavy atom. The Balaban J connectivity index is 2.24. The van der Waals surface area contributed by atoms with Crippen molar-refractivity contribution in [2.75, 3.05) is 23.9 Å². The highest BCUT2D eigenvalue weighted by atomic mass is 16.4. The summed E-state index contributed by atoms with van der Waals surface area (Å²) >= 11 is 0. The third-order valence-electron chi connectivity index (χ3n) is 4.59. The number of anilines is 4. The zero-order chi connectivity index (χ0) is 20.3. The molecular formula is C22H20N2O4. The van der Waals surface area contributed by atoms with Crippen molar-refractivity contribution in [3.8, 4) is 0 Å².